The van der Waals surface area contributed by atoms with Crippen LogP contribution in [0.5, 0.6) is 0 Å². The largest absolute Gasteiger partial charge is 0.450 e. The summed E-state index contributed by atoms with van der Waals surface area (Å²) in [5, 5.41) is 11.5. The molecule has 5 heteroatoms. The summed E-state index contributed by atoms with van der Waals surface area (Å²) >= 11 is 0. The number of hydrogen-bond acceptors (Lipinski definition) is 4. The van der Waals surface area contributed by atoms with Crippen molar-refractivity contribution < 1.29 is 19.4 Å². The molecule has 1 heterocycles. The monoisotopic (exact) mass is 395 g/mol. The van der Waals surface area contributed by atoms with Crippen LogP contribution in [0.1, 0.15) is 66.9 Å². The van der Waals surface area contributed by atoms with E-state index in [1.54, 1.807) is 36.1 Å². The van der Waals surface area contributed by atoms with Gasteiger partial charge in [-0.3, -0.25) is 9.69 Å². The van der Waals surface area contributed by atoms with Gasteiger partial charge in [0.2, 0.25) is 0 Å². The number of amides is 1. The Bertz CT molecular complexity index is 900. The first-order valence-electron chi connectivity index (χ1n) is 10.1. The molecule has 0 radical (unpaired) electrons. The van der Waals surface area contributed by atoms with Gasteiger partial charge in [0.05, 0.1) is 12.6 Å². The molecule has 2 aromatic carbocycles. The highest BCUT2D eigenvalue weighted by Gasteiger charge is 2.39. The van der Waals surface area contributed by atoms with E-state index in [0.717, 1.165) is 11.1 Å². The van der Waals surface area contributed by atoms with Crippen LogP contribution < -0.4 is 0 Å². The molecule has 0 aromatic heterocycles. The van der Waals surface area contributed by atoms with Gasteiger partial charge in [0.25, 0.3) is 0 Å². The van der Waals surface area contributed by atoms with E-state index in [0.29, 0.717) is 24.1 Å². The fourth-order valence-corrected chi connectivity index (χ4v) is 3.89. The number of carbonyl (C=O) groups excluding carboxylic acids is 2. The number of ketones is 1. The van der Waals surface area contributed by atoms with Crippen molar-refractivity contribution in [3.05, 3.63) is 70.8 Å². The second kappa shape index (κ2) is 8.37. The van der Waals surface area contributed by atoms with Crippen LogP contribution in [0.3, 0.4) is 0 Å². The van der Waals surface area contributed by atoms with Crippen molar-refractivity contribution >= 4 is 11.9 Å². The standard InChI is InChI=1S/C24H29NO4/c1-5-29-23(28)25-15-14-16-10-6-7-11-17(16)20(25)21(26)18-12-8-9-13-19(18)22(27)24(2,3)4/h6-13,20-21,26H,5,14-15H2,1-4H3. The molecule has 0 spiro atoms. The van der Waals surface area contributed by atoms with Crippen LogP contribution in [-0.4, -0.2) is 35.0 Å². The topological polar surface area (TPSA) is 66.8 Å². The van der Waals surface area contributed by atoms with Crippen LogP contribution in [0.4, 0.5) is 4.79 Å². The maximum absolute atomic E-state index is 13.0. The summed E-state index contributed by atoms with van der Waals surface area (Å²) in [4.78, 5) is 27.3. The predicted octanol–water partition coefficient (Wildman–Crippen LogP) is 4.70. The molecule has 2 aromatic rings. The van der Waals surface area contributed by atoms with E-state index in [4.69, 9.17) is 4.74 Å². The Balaban J connectivity index is 2.09. The number of fused-ring (bicyclic) bond motifs is 1. The number of aliphatic hydroxyl groups excluding tert-OH is 1. The molecule has 0 fully saturated rings. The lowest BCUT2D eigenvalue weighted by Crippen LogP contribution is -2.43. The normalized spacial score (nSPS) is 17.4. The van der Waals surface area contributed by atoms with E-state index in [2.05, 4.69) is 0 Å². The van der Waals surface area contributed by atoms with Crippen LogP contribution in [-0.2, 0) is 11.2 Å². The van der Waals surface area contributed by atoms with Crippen LogP contribution in [0.25, 0.3) is 0 Å². The second-order valence-corrected chi connectivity index (χ2v) is 8.40. The number of benzene rings is 2. The molecular weight excluding hydrogens is 366 g/mol. The highest BCUT2D eigenvalue weighted by molar-refractivity contribution is 6.01. The van der Waals surface area contributed by atoms with Crippen molar-refractivity contribution in [1.82, 2.24) is 4.90 Å². The van der Waals surface area contributed by atoms with Gasteiger partial charge in [-0.2, -0.15) is 0 Å². The minimum atomic E-state index is -1.05. The lowest BCUT2D eigenvalue weighted by Gasteiger charge is -2.39. The van der Waals surface area contributed by atoms with Gasteiger partial charge >= 0.3 is 6.09 Å². The summed E-state index contributed by atoms with van der Waals surface area (Å²) in [6.07, 6.45) is -0.810. The Labute approximate surface area is 172 Å². The van der Waals surface area contributed by atoms with Gasteiger partial charge in [0.1, 0.15) is 6.10 Å². The summed E-state index contributed by atoms with van der Waals surface area (Å²) < 4.78 is 5.25. The van der Waals surface area contributed by atoms with Gasteiger partial charge in [0.15, 0.2) is 5.78 Å². The molecule has 0 aliphatic carbocycles. The zero-order chi connectivity index (χ0) is 21.2. The third-order valence-corrected chi connectivity index (χ3v) is 5.34. The van der Waals surface area contributed by atoms with Crippen molar-refractivity contribution in [2.45, 2.75) is 46.3 Å². The fourth-order valence-electron chi connectivity index (χ4n) is 3.89. The maximum Gasteiger partial charge on any atom is 0.410 e. The van der Waals surface area contributed by atoms with Crippen molar-refractivity contribution in [3.8, 4) is 0 Å². The molecular formula is C24H29NO4. The second-order valence-electron chi connectivity index (χ2n) is 8.40. The molecule has 0 bridgehead atoms. The number of hydrogen-bond donors (Lipinski definition) is 1. The van der Waals surface area contributed by atoms with Gasteiger partial charge in [-0.15, -0.1) is 0 Å². The Kier molecular flexibility index (Phi) is 6.08. The Morgan fingerprint density at radius 3 is 2.48 bits per heavy atom. The van der Waals surface area contributed by atoms with Gasteiger partial charge in [-0.1, -0.05) is 69.3 Å². The zero-order valence-electron chi connectivity index (χ0n) is 17.5. The van der Waals surface area contributed by atoms with Crippen LogP contribution in [0.2, 0.25) is 0 Å². The van der Waals surface area contributed by atoms with Crippen molar-refractivity contribution in [3.63, 3.8) is 0 Å². The van der Waals surface area contributed by atoms with Gasteiger partial charge in [-0.25, -0.2) is 4.79 Å². The number of ether oxygens (including phenoxy) is 1. The molecule has 1 aliphatic rings. The Hall–Kier alpha value is -2.66. The first kappa shape index (κ1) is 21.1. The quantitative estimate of drug-likeness (QED) is 0.762. The summed E-state index contributed by atoms with van der Waals surface area (Å²) in [5.74, 6) is -0.0427. The highest BCUT2D eigenvalue weighted by Crippen LogP contribution is 2.41. The molecule has 0 saturated carbocycles. The molecule has 2 atom stereocenters. The number of nitrogens with zero attached hydrogens (tertiary/aromatic N) is 1. The van der Waals surface area contributed by atoms with Crippen LogP contribution >= 0.6 is 0 Å². The minimum absolute atomic E-state index is 0.0427. The average Bonchev–Trinajstić information content (AvgIpc) is 2.71. The number of aliphatic hydroxyl groups is 1. The molecule has 1 N–H and O–H groups in total. The molecule has 29 heavy (non-hydrogen) atoms. The van der Waals surface area contributed by atoms with E-state index >= 15 is 0 Å². The van der Waals surface area contributed by atoms with Crippen molar-refractivity contribution in [2.24, 2.45) is 5.41 Å². The van der Waals surface area contributed by atoms with E-state index < -0.39 is 23.7 Å². The van der Waals surface area contributed by atoms with Crippen molar-refractivity contribution in [1.29, 1.82) is 0 Å². The summed E-state index contributed by atoms with van der Waals surface area (Å²) in [6.45, 7) is 8.06. The number of Topliss-reactive ketones (excluding diaryl/α,β-unsaturated/α-hetero) is 1. The minimum Gasteiger partial charge on any atom is -0.450 e. The summed E-state index contributed by atoms with van der Waals surface area (Å²) in [7, 11) is 0. The van der Waals surface area contributed by atoms with Gasteiger partial charge in [-0.05, 0) is 30.0 Å². The molecule has 154 valence electrons. The highest BCUT2D eigenvalue weighted by atomic mass is 16.6. The molecule has 0 saturated heterocycles. The van der Waals surface area contributed by atoms with Gasteiger partial charge in [0, 0.05) is 17.5 Å². The summed E-state index contributed by atoms with van der Waals surface area (Å²) in [5.41, 5.74) is 2.41. The summed E-state index contributed by atoms with van der Waals surface area (Å²) in [6, 6.07) is 14.3. The molecule has 2 unspecified atom stereocenters. The third kappa shape index (κ3) is 4.20. The SMILES string of the molecule is CCOC(=O)N1CCc2ccccc2C1C(O)c1ccccc1C(=O)C(C)(C)C. The van der Waals surface area contributed by atoms with Crippen LogP contribution in [0, 0.1) is 5.41 Å². The maximum atomic E-state index is 13.0. The Morgan fingerprint density at radius 1 is 1.14 bits per heavy atom. The van der Waals surface area contributed by atoms with E-state index in [9.17, 15) is 14.7 Å². The molecule has 3 rings (SSSR count). The lowest BCUT2D eigenvalue weighted by atomic mass is 9.81. The van der Waals surface area contributed by atoms with Crippen LogP contribution in [0.15, 0.2) is 48.5 Å². The Morgan fingerprint density at radius 2 is 1.79 bits per heavy atom. The predicted molar refractivity (Wildman–Crippen MR) is 112 cm³/mol. The van der Waals surface area contributed by atoms with E-state index in [1.165, 1.54) is 0 Å². The molecule has 1 aliphatic heterocycles. The number of rotatable bonds is 4. The zero-order valence-corrected chi connectivity index (χ0v) is 17.5. The first-order valence-corrected chi connectivity index (χ1v) is 10.1. The first-order chi connectivity index (χ1) is 13.8. The lowest BCUT2D eigenvalue weighted by molar-refractivity contribution is 0.0282. The fraction of sp³-hybridized carbons (Fsp3) is 0.417. The smallest absolute Gasteiger partial charge is 0.410 e. The number of carbonyl (C=O) groups is 2. The van der Waals surface area contributed by atoms with Crippen molar-refractivity contribution in [2.75, 3.05) is 13.2 Å². The van der Waals surface area contributed by atoms with E-state index in [-0.39, 0.29) is 12.4 Å². The molecule has 5 nitrogen and oxygen atoms in total. The third-order valence-electron chi connectivity index (χ3n) is 5.34. The van der Waals surface area contributed by atoms with Gasteiger partial charge < -0.3 is 9.84 Å². The molecule has 1 amide bonds. The van der Waals surface area contributed by atoms with E-state index in [1.807, 2.05) is 45.0 Å². The average molecular weight is 395 g/mol.